The molecule has 2 aliphatic heterocycles. The number of hydrogen-bond donors (Lipinski definition) is 0. The molecule has 2 saturated heterocycles. The molecular formula is C11H17N3S2. The van der Waals surface area contributed by atoms with E-state index in [0.717, 1.165) is 11.7 Å². The maximum atomic E-state index is 4.56. The lowest BCUT2D eigenvalue weighted by atomic mass is 9.89. The van der Waals surface area contributed by atoms with E-state index in [1.54, 1.807) is 0 Å². The number of thioether (sulfide) groups is 1. The van der Waals surface area contributed by atoms with Gasteiger partial charge >= 0.3 is 0 Å². The SMILES string of the molecule is CCSc1nsnc1[C@@H]1CN2CCC[C@@H]1C2. The molecule has 1 aromatic heterocycles. The average molecular weight is 255 g/mol. The zero-order valence-corrected chi connectivity index (χ0v) is 11.2. The first kappa shape index (κ1) is 11.0. The Labute approximate surface area is 105 Å². The van der Waals surface area contributed by atoms with Crippen LogP contribution in [-0.4, -0.2) is 39.0 Å². The highest BCUT2D eigenvalue weighted by Crippen LogP contribution is 2.40. The van der Waals surface area contributed by atoms with Gasteiger partial charge in [0.25, 0.3) is 0 Å². The smallest absolute Gasteiger partial charge is 0.134 e. The zero-order valence-electron chi connectivity index (χ0n) is 9.56. The van der Waals surface area contributed by atoms with Crippen molar-refractivity contribution in [1.82, 2.24) is 13.6 Å². The molecule has 0 radical (unpaired) electrons. The Hall–Kier alpha value is -0.130. The lowest BCUT2D eigenvalue weighted by Gasteiger charge is -2.21. The number of nitrogens with zero attached hydrogens (tertiary/aromatic N) is 3. The molecule has 0 N–H and O–H groups in total. The Balaban J connectivity index is 1.83. The van der Waals surface area contributed by atoms with E-state index < -0.39 is 0 Å². The lowest BCUT2D eigenvalue weighted by Crippen LogP contribution is -2.25. The van der Waals surface area contributed by atoms with Crippen molar-refractivity contribution in [1.29, 1.82) is 0 Å². The molecule has 2 aliphatic rings. The van der Waals surface area contributed by atoms with Crippen molar-refractivity contribution < 1.29 is 0 Å². The Bertz CT molecular complexity index is 366. The van der Waals surface area contributed by atoms with Crippen molar-refractivity contribution in [2.45, 2.75) is 30.7 Å². The van der Waals surface area contributed by atoms with E-state index in [2.05, 4.69) is 20.6 Å². The summed E-state index contributed by atoms with van der Waals surface area (Å²) in [6, 6.07) is 0. The van der Waals surface area contributed by atoms with Gasteiger partial charge in [0.15, 0.2) is 0 Å². The van der Waals surface area contributed by atoms with Crippen molar-refractivity contribution in [2.24, 2.45) is 5.92 Å². The summed E-state index contributed by atoms with van der Waals surface area (Å²) in [4.78, 5) is 2.60. The van der Waals surface area contributed by atoms with E-state index >= 15 is 0 Å². The van der Waals surface area contributed by atoms with E-state index in [-0.39, 0.29) is 0 Å². The number of piperidine rings is 1. The van der Waals surface area contributed by atoms with Gasteiger partial charge in [-0.15, -0.1) is 11.8 Å². The molecule has 0 amide bonds. The van der Waals surface area contributed by atoms with E-state index in [1.165, 1.54) is 54.9 Å². The number of rotatable bonds is 3. The van der Waals surface area contributed by atoms with Crippen molar-refractivity contribution in [2.75, 3.05) is 25.4 Å². The summed E-state index contributed by atoms with van der Waals surface area (Å²) in [5.41, 5.74) is 1.30. The van der Waals surface area contributed by atoms with Crippen LogP contribution in [0.25, 0.3) is 0 Å². The summed E-state index contributed by atoms with van der Waals surface area (Å²) in [6.45, 7) is 5.98. The highest BCUT2D eigenvalue weighted by molar-refractivity contribution is 7.99. The van der Waals surface area contributed by atoms with Crippen molar-refractivity contribution in [3.63, 3.8) is 0 Å². The van der Waals surface area contributed by atoms with Gasteiger partial charge in [-0.1, -0.05) is 6.92 Å². The maximum Gasteiger partial charge on any atom is 0.134 e. The van der Waals surface area contributed by atoms with Crippen LogP contribution in [0.5, 0.6) is 0 Å². The molecule has 2 fully saturated rings. The third-order valence-electron chi connectivity index (χ3n) is 3.68. The second kappa shape index (κ2) is 4.63. The van der Waals surface area contributed by atoms with Gasteiger partial charge in [0.1, 0.15) is 5.03 Å². The van der Waals surface area contributed by atoms with Crippen LogP contribution in [0.4, 0.5) is 0 Å². The summed E-state index contributed by atoms with van der Waals surface area (Å²) in [6.07, 6.45) is 2.75. The molecule has 2 bridgehead atoms. The summed E-state index contributed by atoms with van der Waals surface area (Å²) < 4.78 is 9.00. The highest BCUT2D eigenvalue weighted by Gasteiger charge is 2.38. The summed E-state index contributed by atoms with van der Waals surface area (Å²) in [7, 11) is 0. The molecule has 3 rings (SSSR count). The van der Waals surface area contributed by atoms with Gasteiger partial charge < -0.3 is 4.90 Å². The molecule has 88 valence electrons. The zero-order chi connectivity index (χ0) is 11.0. The largest absolute Gasteiger partial charge is 0.302 e. The van der Waals surface area contributed by atoms with Gasteiger partial charge in [0.2, 0.25) is 0 Å². The van der Waals surface area contributed by atoms with Gasteiger partial charge in [0.05, 0.1) is 17.4 Å². The van der Waals surface area contributed by atoms with Crippen LogP contribution in [0.15, 0.2) is 5.03 Å². The fraction of sp³-hybridized carbons (Fsp3) is 0.818. The lowest BCUT2D eigenvalue weighted by molar-refractivity contribution is 0.269. The number of fused-ring (bicyclic) bond motifs is 2. The molecule has 0 spiro atoms. The topological polar surface area (TPSA) is 29.0 Å². The highest BCUT2D eigenvalue weighted by atomic mass is 32.2. The Morgan fingerprint density at radius 2 is 2.38 bits per heavy atom. The summed E-state index contributed by atoms with van der Waals surface area (Å²) in [5, 5.41) is 1.20. The predicted octanol–water partition coefficient (Wildman–Crippen LogP) is 2.46. The molecule has 3 atom stereocenters. The van der Waals surface area contributed by atoms with Crippen molar-refractivity contribution >= 4 is 23.5 Å². The van der Waals surface area contributed by atoms with Crippen LogP contribution in [0.3, 0.4) is 0 Å². The molecule has 16 heavy (non-hydrogen) atoms. The minimum absolute atomic E-state index is 0.662. The molecule has 0 aromatic carbocycles. The molecule has 1 unspecified atom stereocenters. The standard InChI is InChI=1S/C11H17N3S2/c1-2-15-11-10(12-16-13-11)9-7-14-5-3-4-8(9)6-14/h8-9H,2-7H2,1H3/t8-,9-/m1/s1. The van der Waals surface area contributed by atoms with Gasteiger partial charge in [-0.3, -0.25) is 0 Å². The van der Waals surface area contributed by atoms with E-state index in [9.17, 15) is 0 Å². The average Bonchev–Trinajstić information content (AvgIpc) is 2.85. The first-order valence-corrected chi connectivity index (χ1v) is 7.77. The van der Waals surface area contributed by atoms with Gasteiger partial charge in [-0.2, -0.15) is 8.75 Å². The van der Waals surface area contributed by atoms with Gasteiger partial charge in [-0.05, 0) is 31.1 Å². The molecular weight excluding hydrogens is 238 g/mol. The Morgan fingerprint density at radius 3 is 3.19 bits per heavy atom. The molecule has 3 heterocycles. The van der Waals surface area contributed by atoms with Crippen molar-refractivity contribution in [3.05, 3.63) is 5.69 Å². The third-order valence-corrected chi connectivity index (χ3v) is 5.20. The molecule has 1 aromatic rings. The predicted molar refractivity (Wildman–Crippen MR) is 68.2 cm³/mol. The summed E-state index contributed by atoms with van der Waals surface area (Å²) in [5.74, 6) is 2.60. The monoisotopic (exact) mass is 255 g/mol. The number of aromatic nitrogens is 2. The van der Waals surface area contributed by atoms with Crippen LogP contribution in [0, 0.1) is 5.92 Å². The second-order valence-corrected chi connectivity index (χ2v) is 6.44. The third kappa shape index (κ3) is 1.89. The van der Waals surface area contributed by atoms with Gasteiger partial charge in [0, 0.05) is 19.0 Å². The fourth-order valence-electron chi connectivity index (χ4n) is 2.97. The fourth-order valence-corrected chi connectivity index (χ4v) is 4.48. The second-order valence-electron chi connectivity index (χ2n) is 4.66. The minimum Gasteiger partial charge on any atom is -0.302 e. The quantitative estimate of drug-likeness (QED) is 0.776. The molecule has 0 aliphatic carbocycles. The van der Waals surface area contributed by atoms with Crippen LogP contribution in [0.2, 0.25) is 0 Å². The van der Waals surface area contributed by atoms with E-state index in [4.69, 9.17) is 0 Å². The van der Waals surface area contributed by atoms with Crippen LogP contribution < -0.4 is 0 Å². The molecule has 0 saturated carbocycles. The van der Waals surface area contributed by atoms with Crippen LogP contribution >= 0.6 is 23.5 Å². The summed E-state index contributed by atoms with van der Waals surface area (Å²) >= 11 is 3.24. The molecule has 5 heteroatoms. The van der Waals surface area contributed by atoms with Crippen LogP contribution in [0.1, 0.15) is 31.4 Å². The maximum absolute atomic E-state index is 4.56. The van der Waals surface area contributed by atoms with E-state index in [1.807, 2.05) is 11.8 Å². The van der Waals surface area contributed by atoms with Crippen molar-refractivity contribution in [3.8, 4) is 0 Å². The first-order chi connectivity index (χ1) is 7.88. The van der Waals surface area contributed by atoms with E-state index in [0.29, 0.717) is 5.92 Å². The van der Waals surface area contributed by atoms with Gasteiger partial charge in [-0.25, -0.2) is 0 Å². The normalized spacial score (nSPS) is 33.2. The Kier molecular flexibility index (Phi) is 3.18. The van der Waals surface area contributed by atoms with Crippen LogP contribution in [-0.2, 0) is 0 Å². The number of hydrogen-bond acceptors (Lipinski definition) is 5. The minimum atomic E-state index is 0.662. The Morgan fingerprint density at radius 1 is 1.44 bits per heavy atom. The first-order valence-electron chi connectivity index (χ1n) is 6.06. The molecule has 3 nitrogen and oxygen atoms in total.